The van der Waals surface area contributed by atoms with Crippen molar-refractivity contribution in [2.24, 2.45) is 0 Å². The standard InChI is InChI=1S/C25H28BrN2O2.C18H16BrNO3.C16H13BrO5.C15H9BrO4.C14H7BrO4.C10H9FO4.C6H5BrO.CH2O3.2K.Na.H2O.H/c1-3-28(4-2)15-29-19-10-11-20-23(14-19)30-25-21(6-5-7-22(25)26)24(20)16-12-17-8-9-18(13-16)27-17;1-3-20(4-2)18(22)11-8-9-12-15(10-11)23-17-13(16(12)21)6-5-7-14(17)19;1-20-15(18)10-7-8-11(16(19)21-2)14(9-10)22-13-6-4-3-5-12(13)17;1-19-15(18)8-5-6-9-12(7-8)20-14-10(13(9)17)3-2-4-11(14)16;15-10-3-1-2-9-12(16)8-5-4-7(14(17)18)6-11(8)19-13(9)10;1-14-9(12)6-3-4-7(8(11)5-6)10(13)15-2;7-5-3-1-2-4-6(5)8;2-1-4-3;;;;;/h5-7,10-11,14-15,17-18,27H,3-4,8-9,12-13H2,1-2H3;5-10H,3-4H2,1-2H3;3-9H,1-2H3;2-7H,1H3;1-6H,(H,17,18);3-5H,1-2H3;1-4,8H;1,3H;;;;1H2;/q+1;;;;;;;;3*+1;;-1/p-2. The van der Waals surface area contributed by atoms with E-state index in [0.29, 0.717) is 116 Å². The number of hydrogen-bond donors (Lipinski definition) is 3. The van der Waals surface area contributed by atoms with Gasteiger partial charge in [0.15, 0.2) is 16.7 Å². The Hall–Kier alpha value is -9.62. The molecule has 2 fully saturated rings. The molecule has 2 bridgehead atoms. The fraction of sp³-hybridized carbons (Fsp3) is 0.181. The fourth-order valence-corrected chi connectivity index (χ4v) is 17.4. The summed E-state index contributed by atoms with van der Waals surface area (Å²) in [5.41, 5.74) is 8.57. The molecule has 18 rings (SSSR count). The Labute approximate surface area is 988 Å². The Morgan fingerprint density at radius 3 is 1.34 bits per heavy atom. The minimum Gasteiger partial charge on any atom is -1.00 e. The van der Waals surface area contributed by atoms with E-state index in [0.717, 1.165) is 69.8 Å². The monoisotopic (exact) mass is 2420 g/mol. The first kappa shape index (κ1) is 122. The summed E-state index contributed by atoms with van der Waals surface area (Å²) in [6.07, 6.45) is 6.60. The Morgan fingerprint density at radius 1 is 0.483 bits per heavy atom. The number of nitrogens with zero attached hydrogens (tertiary/aromatic N) is 2. The number of fused-ring (bicyclic) bond motifs is 10. The zero-order chi connectivity index (χ0) is 102. The zero-order valence-electron chi connectivity index (χ0n) is 81.1. The van der Waals surface area contributed by atoms with Crippen LogP contribution < -0.4 is 173 Å². The van der Waals surface area contributed by atoms with Gasteiger partial charge in [0.25, 0.3) is 12.4 Å². The number of rotatable bonds is 16. The molecule has 2 atom stereocenters. The molecule has 3 aliphatic heterocycles. The minimum absolute atomic E-state index is 0. The van der Waals surface area contributed by atoms with Gasteiger partial charge in [-0.3, -0.25) is 24.0 Å². The number of halogens is 7. The molecule has 145 heavy (non-hydrogen) atoms. The van der Waals surface area contributed by atoms with Gasteiger partial charge in [-0.25, -0.2) is 37.7 Å². The number of aromatic carboxylic acids is 1. The number of aromatic hydroxyl groups is 1. The third kappa shape index (κ3) is 31.1. The quantitative estimate of drug-likeness (QED) is 0.00772. The molecule has 40 heteroatoms. The van der Waals surface area contributed by atoms with Crippen LogP contribution in [0.25, 0.3) is 71.4 Å². The van der Waals surface area contributed by atoms with Gasteiger partial charge < -0.3 is 88.6 Å². The van der Waals surface area contributed by atoms with E-state index in [1.165, 1.54) is 113 Å². The van der Waals surface area contributed by atoms with E-state index in [1.54, 1.807) is 132 Å². The zero-order valence-corrected chi connectivity index (χ0v) is 97.8. The first-order chi connectivity index (χ1) is 67.8. The fourth-order valence-electron chi connectivity index (χ4n) is 14.9. The van der Waals surface area contributed by atoms with Crippen LogP contribution in [0, 0.1) is 5.82 Å². The van der Waals surface area contributed by atoms with Gasteiger partial charge in [0.1, 0.15) is 75.7 Å². The van der Waals surface area contributed by atoms with Crippen molar-refractivity contribution < 1.29 is 258 Å². The smallest absolute Gasteiger partial charge is 1.00 e. The van der Waals surface area contributed by atoms with Gasteiger partial charge in [0.05, 0.1) is 123 Å². The molecule has 2 saturated heterocycles. The van der Waals surface area contributed by atoms with Crippen LogP contribution >= 0.6 is 95.6 Å². The third-order valence-electron chi connectivity index (χ3n) is 22.0. The summed E-state index contributed by atoms with van der Waals surface area (Å²) in [6, 6.07) is 65.5. The van der Waals surface area contributed by atoms with Crippen LogP contribution in [-0.4, -0.2) is 154 Å². The molecule has 4 N–H and O–H groups in total. The Bertz CT molecular complexity index is 7520. The van der Waals surface area contributed by atoms with Gasteiger partial charge in [-0.15, -0.1) is 0 Å². The van der Waals surface area contributed by atoms with E-state index in [-0.39, 0.29) is 213 Å². The minimum atomic E-state index is -1.06. The first-order valence-electron chi connectivity index (χ1n) is 43.0. The number of benzene rings is 12. The summed E-state index contributed by atoms with van der Waals surface area (Å²) in [5.74, 6) is -1.36. The molecule has 12 aromatic carbocycles. The van der Waals surface area contributed by atoms with E-state index in [9.17, 15) is 52.3 Å². The molecule has 0 spiro atoms. The van der Waals surface area contributed by atoms with Crippen molar-refractivity contribution in [3.05, 3.63) is 349 Å². The summed E-state index contributed by atoms with van der Waals surface area (Å²) in [5, 5.41) is 32.8. The van der Waals surface area contributed by atoms with Crippen molar-refractivity contribution in [2.45, 2.75) is 65.5 Å². The molecular weight excluding hydrogens is 2330 g/mol. The molecule has 1 amide bonds. The second-order valence-electron chi connectivity index (χ2n) is 30.4. The van der Waals surface area contributed by atoms with E-state index in [4.69, 9.17) is 52.5 Å². The first-order valence-corrected chi connectivity index (χ1v) is 47.8. The normalized spacial score (nSPS) is 12.3. The van der Waals surface area contributed by atoms with Gasteiger partial charge in [0.2, 0.25) is 16.3 Å². The number of esters is 5. The second-order valence-corrected chi connectivity index (χ2v) is 35.6. The number of piperidine rings is 1. The van der Waals surface area contributed by atoms with Gasteiger partial charge >= 0.3 is 175 Å². The average molecular weight is 2430 g/mol. The number of para-hydroxylation sites is 6. The van der Waals surface area contributed by atoms with E-state index in [1.807, 2.05) is 44.2 Å². The maximum atomic E-state index is 13.3. The van der Waals surface area contributed by atoms with Crippen molar-refractivity contribution >= 4 is 222 Å². The second kappa shape index (κ2) is 59.0. The van der Waals surface area contributed by atoms with Crippen molar-refractivity contribution in [3.8, 4) is 34.5 Å². The van der Waals surface area contributed by atoms with Crippen LogP contribution in [-0.2, 0) is 33.4 Å². The van der Waals surface area contributed by atoms with Gasteiger partial charge in [-0.1, -0.05) is 60.2 Å². The largest absolute Gasteiger partial charge is 1.00 e. The topological polar surface area (TPSA) is 422 Å². The molecule has 6 heterocycles. The summed E-state index contributed by atoms with van der Waals surface area (Å²) in [7, 11) is 6.20. The Balaban J connectivity index is 0.000000262. The van der Waals surface area contributed by atoms with Crippen molar-refractivity contribution in [2.75, 3.05) is 61.7 Å². The maximum Gasteiger partial charge on any atom is 1.00 e. The predicted molar refractivity (Wildman–Crippen MR) is 551 cm³/mol. The number of phenols is 1. The number of hydrogen-bond acceptors (Lipinski definition) is 27. The number of amides is 1. The molecule has 0 radical (unpaired) electrons. The Kier molecular flexibility index (Phi) is 49.7. The Morgan fingerprint density at radius 2 is 0.897 bits per heavy atom. The molecule has 3 aromatic heterocycles. The molecule has 15 aromatic rings. The number of phenolic OH excluding ortho intramolecular Hbond substituents is 1. The molecule has 30 nitrogen and oxygen atoms in total. The summed E-state index contributed by atoms with van der Waals surface area (Å²) >= 11 is 20.3. The van der Waals surface area contributed by atoms with Gasteiger partial charge in [0, 0.05) is 47.9 Å². The van der Waals surface area contributed by atoms with Crippen LogP contribution in [0.2, 0.25) is 0 Å². The maximum absolute atomic E-state index is 13.3. The van der Waals surface area contributed by atoms with Crippen LogP contribution in [0.1, 0.15) is 138 Å². The van der Waals surface area contributed by atoms with Crippen LogP contribution in [0.4, 0.5) is 4.39 Å². The van der Waals surface area contributed by atoms with Crippen LogP contribution in [0.15, 0.2) is 291 Å². The van der Waals surface area contributed by atoms with E-state index >= 15 is 0 Å². The SMILES string of the molecule is CCN(CC)C(=O)c1ccc2c(=O)c3cccc(Br)c3oc2c1.CC[N+](=COc1ccc2c(c1)Oc1c(Br)cccc1C2=C1CC2CCC(C1)N2)CC.COC(=O)c1ccc(C(=O)OC)c(F)c1.COC(=O)c1ccc(C(=O)OC)c(Oc2ccccc2Br)c1.COC(=O)c1ccc2c(=O)c3cccc(Br)c3oc2c1.O=C(O)c1ccc2c(=O)c3cccc(Br)c3oc2c1.O=CO[O-].Oc1ccccc1Br.[H-].[K+].[K+].[Na+].[OH-]. The third-order valence-corrected chi connectivity index (χ3v) is 25.8. The number of carboxylic acid groups (broad SMARTS) is 1. The molecular formula is C105H90Br6FK2N3NaO27+. The van der Waals surface area contributed by atoms with Crippen LogP contribution in [0.5, 0.6) is 34.5 Å². The predicted octanol–water partition coefficient (Wildman–Crippen LogP) is 13.6. The summed E-state index contributed by atoms with van der Waals surface area (Å²) in [4.78, 5) is 131. The number of carbonyl (C=O) groups excluding carboxylic acids is 7. The number of methoxy groups -OCH3 is 5. The molecule has 0 saturated carbocycles. The van der Waals surface area contributed by atoms with Crippen molar-refractivity contribution in [1.82, 2.24) is 10.2 Å². The van der Waals surface area contributed by atoms with E-state index in [2.05, 4.69) is 167 Å². The van der Waals surface area contributed by atoms with Gasteiger partial charge in [-0.2, -0.15) is 0 Å². The number of carboxylic acids is 1. The molecule has 2 unspecified atom stereocenters. The number of carbonyl (C=O) groups is 8. The average Bonchev–Trinajstić information content (AvgIpc) is 1.15. The summed E-state index contributed by atoms with van der Waals surface area (Å²) < 4.78 is 78.0. The van der Waals surface area contributed by atoms with Crippen LogP contribution in [0.3, 0.4) is 0 Å². The van der Waals surface area contributed by atoms with E-state index < -0.39 is 41.6 Å². The molecule has 0 aliphatic carbocycles. The number of nitrogens with one attached hydrogen (secondary N) is 1. The van der Waals surface area contributed by atoms with Crippen molar-refractivity contribution in [1.29, 1.82) is 0 Å². The molecule has 3 aliphatic rings. The number of ether oxygens (including phenoxy) is 8. The van der Waals surface area contributed by atoms with Gasteiger partial charge in [-0.05, 0) is 324 Å². The van der Waals surface area contributed by atoms with Crippen molar-refractivity contribution in [3.63, 3.8) is 0 Å². The molecule has 738 valence electrons. The summed E-state index contributed by atoms with van der Waals surface area (Å²) in [6.45, 7) is 11.1.